The number of nitrogens with one attached hydrogen (secondary N) is 1. The Morgan fingerprint density at radius 3 is 2.25 bits per heavy atom. The van der Waals surface area contributed by atoms with Gasteiger partial charge in [0.25, 0.3) is 0 Å². The van der Waals surface area contributed by atoms with Gasteiger partial charge in [-0.15, -0.1) is 24.8 Å². The zero-order valence-electron chi connectivity index (χ0n) is 12.5. The number of hydrogen-bond donors (Lipinski definition) is 1. The van der Waals surface area contributed by atoms with E-state index in [-0.39, 0.29) is 24.8 Å². The number of rotatable bonds is 4. The number of piperazine rings is 1. The zero-order chi connectivity index (χ0) is 12.8. The topological polar surface area (TPSA) is 35.6 Å². The van der Waals surface area contributed by atoms with Gasteiger partial charge in [0.2, 0.25) is 5.91 Å². The Bertz CT molecular complexity index is 265. The number of carbonyl (C=O) groups excluding carboxylic acids is 1. The van der Waals surface area contributed by atoms with Crippen LogP contribution in [0, 0.1) is 5.92 Å². The van der Waals surface area contributed by atoms with Gasteiger partial charge in [-0.2, -0.15) is 0 Å². The number of carbonyl (C=O) groups is 1. The van der Waals surface area contributed by atoms with Crippen molar-refractivity contribution in [3.63, 3.8) is 0 Å². The average Bonchev–Trinajstić information content (AvgIpc) is 2.46. The first-order valence-electron chi connectivity index (χ1n) is 7.50. The molecule has 0 bridgehead atoms. The molecule has 0 aromatic rings. The second kappa shape index (κ2) is 10.7. The van der Waals surface area contributed by atoms with Crippen LogP contribution in [-0.2, 0) is 4.79 Å². The van der Waals surface area contributed by atoms with Crippen LogP contribution in [0.15, 0.2) is 0 Å². The van der Waals surface area contributed by atoms with Crippen LogP contribution in [0.5, 0.6) is 0 Å². The maximum Gasteiger partial charge on any atom is 0.222 e. The first-order chi connectivity index (χ1) is 8.79. The van der Waals surface area contributed by atoms with E-state index in [0.717, 1.165) is 64.6 Å². The van der Waals surface area contributed by atoms with Crippen molar-refractivity contribution in [3.05, 3.63) is 0 Å². The highest BCUT2D eigenvalue weighted by Crippen LogP contribution is 2.18. The summed E-state index contributed by atoms with van der Waals surface area (Å²) < 4.78 is 0. The van der Waals surface area contributed by atoms with Crippen molar-refractivity contribution in [1.82, 2.24) is 15.1 Å². The minimum Gasteiger partial charge on any atom is -0.340 e. The molecule has 1 amide bonds. The van der Waals surface area contributed by atoms with E-state index in [0.29, 0.717) is 5.91 Å². The Labute approximate surface area is 135 Å². The standard InChI is InChI=1S/C14H27N3O.2ClH/c1-2-16-9-11-17(12-10-16)14(18)4-3-13-5-7-15-8-6-13;;/h13,15H,2-12H2,1H3;2*1H. The van der Waals surface area contributed by atoms with Crippen molar-refractivity contribution in [1.29, 1.82) is 0 Å². The van der Waals surface area contributed by atoms with Crippen LogP contribution in [0.3, 0.4) is 0 Å². The van der Waals surface area contributed by atoms with Crippen molar-refractivity contribution < 1.29 is 4.79 Å². The molecule has 0 spiro atoms. The highest BCUT2D eigenvalue weighted by atomic mass is 35.5. The molecule has 0 aliphatic carbocycles. The first-order valence-corrected chi connectivity index (χ1v) is 7.50. The van der Waals surface area contributed by atoms with Gasteiger partial charge in [-0.1, -0.05) is 6.92 Å². The Balaban J connectivity index is 0.00000180. The molecule has 0 aromatic carbocycles. The summed E-state index contributed by atoms with van der Waals surface area (Å²) in [6.45, 7) is 9.52. The fourth-order valence-corrected chi connectivity index (χ4v) is 2.97. The van der Waals surface area contributed by atoms with Crippen molar-refractivity contribution in [2.75, 3.05) is 45.8 Å². The highest BCUT2D eigenvalue weighted by Gasteiger charge is 2.21. The van der Waals surface area contributed by atoms with Crippen LogP contribution in [0.2, 0.25) is 0 Å². The third-order valence-electron chi connectivity index (χ3n) is 4.40. The molecule has 0 unspecified atom stereocenters. The third-order valence-corrected chi connectivity index (χ3v) is 4.40. The van der Waals surface area contributed by atoms with Gasteiger partial charge in [-0.05, 0) is 44.8 Å². The number of piperidine rings is 1. The summed E-state index contributed by atoms with van der Waals surface area (Å²) in [4.78, 5) is 16.6. The molecular formula is C14H29Cl2N3O. The maximum absolute atomic E-state index is 12.1. The van der Waals surface area contributed by atoms with Gasteiger partial charge in [-0.25, -0.2) is 0 Å². The molecule has 2 heterocycles. The third kappa shape index (κ3) is 6.17. The van der Waals surface area contributed by atoms with E-state index in [2.05, 4.69) is 22.0 Å². The normalized spacial score (nSPS) is 20.9. The summed E-state index contributed by atoms with van der Waals surface area (Å²) in [5, 5.41) is 3.38. The molecule has 2 saturated heterocycles. The molecule has 4 nitrogen and oxygen atoms in total. The van der Waals surface area contributed by atoms with Gasteiger partial charge >= 0.3 is 0 Å². The summed E-state index contributed by atoms with van der Waals surface area (Å²) in [5.74, 6) is 1.15. The lowest BCUT2D eigenvalue weighted by atomic mass is 9.93. The molecule has 6 heteroatoms. The second-order valence-corrected chi connectivity index (χ2v) is 5.55. The highest BCUT2D eigenvalue weighted by molar-refractivity contribution is 5.85. The molecular weight excluding hydrogens is 297 g/mol. The molecule has 2 rings (SSSR count). The van der Waals surface area contributed by atoms with E-state index in [1.165, 1.54) is 12.8 Å². The van der Waals surface area contributed by atoms with E-state index in [9.17, 15) is 4.79 Å². The van der Waals surface area contributed by atoms with Gasteiger partial charge in [-0.3, -0.25) is 4.79 Å². The summed E-state index contributed by atoms with van der Waals surface area (Å²) in [7, 11) is 0. The van der Waals surface area contributed by atoms with Gasteiger partial charge in [0.1, 0.15) is 0 Å². The van der Waals surface area contributed by atoms with Crippen molar-refractivity contribution in [2.45, 2.75) is 32.6 Å². The first kappa shape index (κ1) is 20.0. The quantitative estimate of drug-likeness (QED) is 0.855. The van der Waals surface area contributed by atoms with Gasteiger partial charge < -0.3 is 15.1 Å². The van der Waals surface area contributed by atoms with Gasteiger partial charge in [0.15, 0.2) is 0 Å². The number of nitrogens with zero attached hydrogens (tertiary/aromatic N) is 2. The molecule has 0 radical (unpaired) electrons. The monoisotopic (exact) mass is 325 g/mol. The van der Waals surface area contributed by atoms with Crippen LogP contribution >= 0.6 is 24.8 Å². The molecule has 2 fully saturated rings. The Hall–Kier alpha value is -0.0300. The number of likely N-dealkylation sites (N-methyl/N-ethyl adjacent to an activating group) is 1. The fourth-order valence-electron chi connectivity index (χ4n) is 2.97. The summed E-state index contributed by atoms with van der Waals surface area (Å²) in [6.07, 6.45) is 4.35. The summed E-state index contributed by atoms with van der Waals surface area (Å²) >= 11 is 0. The van der Waals surface area contributed by atoms with Gasteiger partial charge in [0.05, 0.1) is 0 Å². The van der Waals surface area contributed by atoms with Crippen molar-refractivity contribution in [3.8, 4) is 0 Å². The van der Waals surface area contributed by atoms with E-state index >= 15 is 0 Å². The van der Waals surface area contributed by atoms with Crippen LogP contribution in [0.1, 0.15) is 32.6 Å². The number of amides is 1. The smallest absolute Gasteiger partial charge is 0.222 e. The van der Waals surface area contributed by atoms with E-state index in [1.807, 2.05) is 0 Å². The van der Waals surface area contributed by atoms with Crippen LogP contribution in [0.4, 0.5) is 0 Å². The van der Waals surface area contributed by atoms with Crippen molar-refractivity contribution in [2.24, 2.45) is 5.92 Å². The lowest BCUT2D eigenvalue weighted by molar-refractivity contribution is -0.133. The molecule has 0 atom stereocenters. The number of hydrogen-bond acceptors (Lipinski definition) is 3. The minimum absolute atomic E-state index is 0. The lowest BCUT2D eigenvalue weighted by Crippen LogP contribution is -2.48. The van der Waals surface area contributed by atoms with Crippen LogP contribution in [-0.4, -0.2) is 61.5 Å². The van der Waals surface area contributed by atoms with E-state index < -0.39 is 0 Å². The molecule has 20 heavy (non-hydrogen) atoms. The summed E-state index contributed by atoms with van der Waals surface area (Å²) in [5.41, 5.74) is 0. The Morgan fingerprint density at radius 1 is 1.10 bits per heavy atom. The maximum atomic E-state index is 12.1. The molecule has 120 valence electrons. The average molecular weight is 326 g/mol. The largest absolute Gasteiger partial charge is 0.340 e. The summed E-state index contributed by atoms with van der Waals surface area (Å²) in [6, 6.07) is 0. The minimum atomic E-state index is 0. The molecule has 0 aromatic heterocycles. The Morgan fingerprint density at radius 2 is 1.70 bits per heavy atom. The molecule has 2 aliphatic rings. The van der Waals surface area contributed by atoms with Crippen LogP contribution in [0.25, 0.3) is 0 Å². The zero-order valence-corrected chi connectivity index (χ0v) is 14.1. The SMILES string of the molecule is CCN1CCN(C(=O)CCC2CCNCC2)CC1.Cl.Cl. The van der Waals surface area contributed by atoms with E-state index in [1.54, 1.807) is 0 Å². The predicted octanol–water partition coefficient (Wildman–Crippen LogP) is 1.77. The van der Waals surface area contributed by atoms with Gasteiger partial charge in [0, 0.05) is 32.6 Å². The van der Waals surface area contributed by atoms with Crippen LogP contribution < -0.4 is 5.32 Å². The molecule has 2 aliphatic heterocycles. The molecule has 0 saturated carbocycles. The lowest BCUT2D eigenvalue weighted by Gasteiger charge is -2.34. The fraction of sp³-hybridized carbons (Fsp3) is 0.929. The van der Waals surface area contributed by atoms with E-state index in [4.69, 9.17) is 0 Å². The second-order valence-electron chi connectivity index (χ2n) is 5.55. The van der Waals surface area contributed by atoms with Crippen molar-refractivity contribution >= 4 is 30.7 Å². The predicted molar refractivity (Wildman–Crippen MR) is 88.0 cm³/mol. The Kier molecular flexibility index (Phi) is 10.6. The molecule has 1 N–H and O–H groups in total. The number of halogens is 2.